The molecule has 4 nitrogen and oxygen atoms in total. The van der Waals surface area contributed by atoms with E-state index >= 15 is 0 Å². The number of nitrogens with zero attached hydrogens (tertiary/aromatic N) is 3. The third-order valence-corrected chi connectivity index (χ3v) is 3.18. The Bertz CT molecular complexity index is 308. The van der Waals surface area contributed by atoms with Gasteiger partial charge in [0, 0.05) is 31.5 Å². The van der Waals surface area contributed by atoms with Crippen molar-refractivity contribution in [1.82, 2.24) is 15.3 Å². The molecular weight excluding hydrogens is 212 g/mol. The van der Waals surface area contributed by atoms with Crippen molar-refractivity contribution in [2.45, 2.75) is 38.6 Å². The third kappa shape index (κ3) is 3.66. The van der Waals surface area contributed by atoms with Crippen LogP contribution in [0, 0.1) is 0 Å². The summed E-state index contributed by atoms with van der Waals surface area (Å²) in [5.41, 5.74) is 0. The summed E-state index contributed by atoms with van der Waals surface area (Å²) in [4.78, 5) is 11.0. The molecule has 1 fully saturated rings. The van der Waals surface area contributed by atoms with Crippen molar-refractivity contribution >= 4 is 5.95 Å². The van der Waals surface area contributed by atoms with Crippen LogP contribution in [-0.2, 0) is 0 Å². The highest BCUT2D eigenvalue weighted by Gasteiger charge is 2.17. The minimum absolute atomic E-state index is 0.596. The van der Waals surface area contributed by atoms with Gasteiger partial charge in [0.1, 0.15) is 0 Å². The van der Waals surface area contributed by atoms with Gasteiger partial charge in [-0.25, -0.2) is 9.97 Å². The van der Waals surface area contributed by atoms with Crippen LogP contribution in [0.4, 0.5) is 5.95 Å². The molecule has 2 rings (SSSR count). The molecule has 0 radical (unpaired) electrons. The van der Waals surface area contributed by atoms with E-state index in [4.69, 9.17) is 0 Å². The molecule has 0 spiro atoms. The van der Waals surface area contributed by atoms with Crippen molar-refractivity contribution in [3.8, 4) is 0 Å². The zero-order valence-corrected chi connectivity index (χ0v) is 10.6. The Hall–Kier alpha value is -1.16. The molecule has 1 saturated heterocycles. The summed E-state index contributed by atoms with van der Waals surface area (Å²) < 4.78 is 0. The van der Waals surface area contributed by atoms with E-state index in [0.717, 1.165) is 32.0 Å². The first-order chi connectivity index (χ1) is 8.40. The van der Waals surface area contributed by atoms with Crippen LogP contribution in [0.15, 0.2) is 18.5 Å². The van der Waals surface area contributed by atoms with Crippen LogP contribution in [0.1, 0.15) is 32.6 Å². The number of hydrogen-bond donors (Lipinski definition) is 1. The molecule has 1 aromatic rings. The van der Waals surface area contributed by atoms with Crippen molar-refractivity contribution in [2.24, 2.45) is 0 Å². The van der Waals surface area contributed by atoms with Gasteiger partial charge in [-0.05, 0) is 31.9 Å². The van der Waals surface area contributed by atoms with Crippen molar-refractivity contribution in [3.05, 3.63) is 18.5 Å². The van der Waals surface area contributed by atoms with Crippen molar-refractivity contribution in [3.63, 3.8) is 0 Å². The summed E-state index contributed by atoms with van der Waals surface area (Å²) in [5, 5.41) is 3.58. The molecule has 4 heteroatoms. The van der Waals surface area contributed by atoms with Crippen LogP contribution in [-0.4, -0.2) is 35.6 Å². The Balaban J connectivity index is 1.96. The van der Waals surface area contributed by atoms with Crippen LogP contribution < -0.4 is 10.2 Å². The summed E-state index contributed by atoms with van der Waals surface area (Å²) >= 11 is 0. The Labute approximate surface area is 103 Å². The molecule has 1 aromatic heterocycles. The minimum atomic E-state index is 0.596. The molecule has 1 N–H and O–H groups in total. The van der Waals surface area contributed by atoms with E-state index in [2.05, 4.69) is 27.1 Å². The second kappa shape index (κ2) is 6.55. The van der Waals surface area contributed by atoms with E-state index in [9.17, 15) is 0 Å². The van der Waals surface area contributed by atoms with E-state index in [-0.39, 0.29) is 0 Å². The lowest BCUT2D eigenvalue weighted by Gasteiger charge is -2.30. The normalized spacial score (nSPS) is 20.2. The largest absolute Gasteiger partial charge is 0.339 e. The van der Waals surface area contributed by atoms with Crippen LogP contribution in [0.25, 0.3) is 0 Å². The average molecular weight is 234 g/mol. The number of aromatic nitrogens is 2. The zero-order valence-electron chi connectivity index (χ0n) is 10.6. The van der Waals surface area contributed by atoms with Gasteiger partial charge in [0.2, 0.25) is 5.95 Å². The van der Waals surface area contributed by atoms with Gasteiger partial charge in [-0.2, -0.15) is 0 Å². The predicted octanol–water partition coefficient (Wildman–Crippen LogP) is 1.84. The van der Waals surface area contributed by atoms with E-state index in [1.807, 2.05) is 18.5 Å². The first-order valence-electron chi connectivity index (χ1n) is 6.65. The zero-order chi connectivity index (χ0) is 11.9. The number of piperidine rings is 1. The summed E-state index contributed by atoms with van der Waals surface area (Å²) in [6, 6.07) is 2.46. The Morgan fingerprint density at radius 1 is 1.35 bits per heavy atom. The number of rotatable bonds is 5. The fraction of sp³-hybridized carbons (Fsp3) is 0.692. The summed E-state index contributed by atoms with van der Waals surface area (Å²) in [5.74, 6) is 0.863. The Kier molecular flexibility index (Phi) is 4.74. The average Bonchev–Trinajstić information content (AvgIpc) is 2.40. The topological polar surface area (TPSA) is 41.0 Å². The molecule has 1 aliphatic rings. The highest BCUT2D eigenvalue weighted by Crippen LogP contribution is 2.12. The van der Waals surface area contributed by atoms with E-state index in [1.165, 1.54) is 19.3 Å². The van der Waals surface area contributed by atoms with E-state index < -0.39 is 0 Å². The second-order valence-electron chi connectivity index (χ2n) is 4.64. The van der Waals surface area contributed by atoms with Gasteiger partial charge in [-0.3, -0.25) is 0 Å². The third-order valence-electron chi connectivity index (χ3n) is 3.18. The molecule has 1 unspecified atom stereocenters. The van der Waals surface area contributed by atoms with Gasteiger partial charge in [-0.15, -0.1) is 0 Å². The van der Waals surface area contributed by atoms with Gasteiger partial charge in [0.15, 0.2) is 0 Å². The van der Waals surface area contributed by atoms with Gasteiger partial charge in [0.05, 0.1) is 0 Å². The number of nitrogens with one attached hydrogen (secondary N) is 1. The first kappa shape index (κ1) is 12.3. The van der Waals surface area contributed by atoms with Crippen molar-refractivity contribution in [2.75, 3.05) is 24.5 Å². The summed E-state index contributed by atoms with van der Waals surface area (Å²) in [7, 11) is 0. The summed E-state index contributed by atoms with van der Waals surface area (Å²) in [6.07, 6.45) is 8.69. The van der Waals surface area contributed by atoms with Crippen LogP contribution in [0.3, 0.4) is 0 Å². The molecular formula is C13H22N4. The monoisotopic (exact) mass is 234 g/mol. The maximum absolute atomic E-state index is 4.35. The van der Waals surface area contributed by atoms with Gasteiger partial charge >= 0.3 is 0 Å². The lowest BCUT2D eigenvalue weighted by atomic mass is 10.0. The first-order valence-corrected chi connectivity index (χ1v) is 6.65. The van der Waals surface area contributed by atoms with Gasteiger partial charge in [-0.1, -0.05) is 13.3 Å². The van der Waals surface area contributed by atoms with Crippen LogP contribution >= 0.6 is 0 Å². The van der Waals surface area contributed by atoms with Gasteiger partial charge in [0.25, 0.3) is 0 Å². The molecule has 2 heterocycles. The molecule has 1 aliphatic heterocycles. The van der Waals surface area contributed by atoms with Gasteiger partial charge < -0.3 is 10.2 Å². The molecule has 0 aromatic carbocycles. The SMILES string of the molecule is CCCN(CC1CCCCN1)c1ncccn1. The molecule has 94 valence electrons. The Morgan fingerprint density at radius 3 is 2.82 bits per heavy atom. The van der Waals surface area contributed by atoms with E-state index in [1.54, 1.807) is 0 Å². The van der Waals surface area contributed by atoms with Crippen molar-refractivity contribution < 1.29 is 0 Å². The highest BCUT2D eigenvalue weighted by molar-refractivity contribution is 5.28. The predicted molar refractivity (Wildman–Crippen MR) is 70.2 cm³/mol. The molecule has 0 bridgehead atoms. The Morgan fingerprint density at radius 2 is 2.18 bits per heavy atom. The fourth-order valence-electron chi connectivity index (χ4n) is 2.34. The van der Waals surface area contributed by atoms with Crippen molar-refractivity contribution in [1.29, 1.82) is 0 Å². The maximum atomic E-state index is 4.35. The second-order valence-corrected chi connectivity index (χ2v) is 4.64. The minimum Gasteiger partial charge on any atom is -0.339 e. The van der Waals surface area contributed by atoms with E-state index in [0.29, 0.717) is 6.04 Å². The molecule has 1 atom stereocenters. The lowest BCUT2D eigenvalue weighted by molar-refractivity contribution is 0.397. The number of hydrogen-bond acceptors (Lipinski definition) is 4. The molecule has 17 heavy (non-hydrogen) atoms. The van der Waals surface area contributed by atoms with Crippen LogP contribution in [0.2, 0.25) is 0 Å². The van der Waals surface area contributed by atoms with Crippen LogP contribution in [0.5, 0.6) is 0 Å². The quantitative estimate of drug-likeness (QED) is 0.844. The molecule has 0 saturated carbocycles. The number of anilines is 1. The molecule has 0 aliphatic carbocycles. The lowest BCUT2D eigenvalue weighted by Crippen LogP contribution is -2.44. The smallest absolute Gasteiger partial charge is 0.225 e. The molecule has 0 amide bonds. The fourth-order valence-corrected chi connectivity index (χ4v) is 2.34. The standard InChI is InChI=1S/C13H22N4/c1-2-10-17(13-15-8-5-9-16-13)11-12-6-3-4-7-14-12/h5,8-9,12,14H,2-4,6-7,10-11H2,1H3. The highest BCUT2D eigenvalue weighted by atomic mass is 15.3. The maximum Gasteiger partial charge on any atom is 0.225 e. The summed E-state index contributed by atoms with van der Waals surface area (Å²) in [6.45, 7) is 5.41.